The summed E-state index contributed by atoms with van der Waals surface area (Å²) < 4.78 is 79.1. The van der Waals surface area contributed by atoms with Crippen molar-refractivity contribution in [3.05, 3.63) is 82.8 Å². The summed E-state index contributed by atoms with van der Waals surface area (Å²) >= 11 is 0. The SMILES string of the molecule is Cc1cc2c(-c3ccc(C(=O)OC(C)(C)C)c(O)c3)cc(C#N)cc2o1.Cc1cc2c(OS(=O)(=O)C(F)(F)F)cc(C#N)cc2o1. The van der Waals surface area contributed by atoms with Gasteiger partial charge in [0.1, 0.15) is 39.6 Å². The van der Waals surface area contributed by atoms with Crippen molar-refractivity contribution in [1.29, 1.82) is 10.5 Å². The van der Waals surface area contributed by atoms with Gasteiger partial charge in [0.2, 0.25) is 0 Å². The first-order valence-corrected chi connectivity index (χ1v) is 14.7. The van der Waals surface area contributed by atoms with Crippen molar-refractivity contribution in [3.63, 3.8) is 0 Å². The molecular weight excluding hydrogens is 629 g/mol. The summed E-state index contributed by atoms with van der Waals surface area (Å²) in [5.41, 5.74) is -3.64. The van der Waals surface area contributed by atoms with Crippen LogP contribution in [0.15, 0.2) is 63.4 Å². The zero-order valence-corrected chi connectivity index (χ0v) is 25.8. The molecule has 0 saturated heterocycles. The van der Waals surface area contributed by atoms with Gasteiger partial charge in [0.05, 0.1) is 28.7 Å². The molecule has 46 heavy (non-hydrogen) atoms. The second kappa shape index (κ2) is 12.1. The zero-order chi connectivity index (χ0) is 34.2. The van der Waals surface area contributed by atoms with Crippen LogP contribution in [-0.2, 0) is 14.9 Å². The predicted octanol–water partition coefficient (Wildman–Crippen LogP) is 7.78. The average Bonchev–Trinajstić information content (AvgIpc) is 3.51. The summed E-state index contributed by atoms with van der Waals surface area (Å²) in [6.45, 7) is 8.65. The van der Waals surface area contributed by atoms with Crippen LogP contribution < -0.4 is 4.18 Å². The average molecular weight is 655 g/mol. The molecule has 0 amide bonds. The summed E-state index contributed by atoms with van der Waals surface area (Å²) in [5.74, 6) is -0.299. The molecule has 0 aliphatic rings. The van der Waals surface area contributed by atoms with E-state index >= 15 is 0 Å². The number of carbonyl (C=O) groups is 1. The molecule has 0 fully saturated rings. The van der Waals surface area contributed by atoms with Gasteiger partial charge in [0.25, 0.3) is 0 Å². The van der Waals surface area contributed by atoms with E-state index in [0.29, 0.717) is 22.5 Å². The van der Waals surface area contributed by atoms with E-state index in [2.05, 4.69) is 10.3 Å². The number of phenolic OH excluding ortho intramolecular Hbond substituents is 1. The molecule has 0 saturated carbocycles. The van der Waals surface area contributed by atoms with E-state index in [0.717, 1.165) is 22.8 Å². The lowest BCUT2D eigenvalue weighted by Gasteiger charge is -2.20. The first-order chi connectivity index (χ1) is 21.3. The molecule has 0 aliphatic carbocycles. The van der Waals surface area contributed by atoms with Gasteiger partial charge in [-0.25, -0.2) is 4.79 Å². The quantitative estimate of drug-likeness (QED) is 0.115. The highest BCUT2D eigenvalue weighted by atomic mass is 32.2. The lowest BCUT2D eigenvalue weighted by atomic mass is 9.97. The highest BCUT2D eigenvalue weighted by molar-refractivity contribution is 7.88. The molecule has 3 aromatic carbocycles. The molecule has 238 valence electrons. The minimum absolute atomic E-state index is 0.0364. The van der Waals surface area contributed by atoms with Gasteiger partial charge in [-0.3, -0.25) is 0 Å². The lowest BCUT2D eigenvalue weighted by molar-refractivity contribution is -0.0499. The third kappa shape index (κ3) is 7.25. The second-order valence-corrected chi connectivity index (χ2v) is 12.5. The van der Waals surface area contributed by atoms with E-state index < -0.39 is 32.9 Å². The number of carbonyl (C=O) groups excluding carboxylic acids is 1. The Morgan fingerprint density at radius 3 is 1.91 bits per heavy atom. The Labute approximate surface area is 260 Å². The Morgan fingerprint density at radius 2 is 1.39 bits per heavy atom. The number of fused-ring (bicyclic) bond motifs is 2. The van der Waals surface area contributed by atoms with E-state index in [1.54, 1.807) is 45.0 Å². The number of hydrogen-bond donors (Lipinski definition) is 1. The fourth-order valence-corrected chi connectivity index (χ4v) is 4.78. The monoisotopic (exact) mass is 654 g/mol. The molecule has 0 unspecified atom stereocenters. The van der Waals surface area contributed by atoms with Gasteiger partial charge >= 0.3 is 21.6 Å². The standard InChI is InChI=1S/C21H19NO4.C11H6F3NO4S/c1-12-7-17-16(8-13(11-22)9-19(17)25-12)14-5-6-15(18(23)10-14)20(24)26-21(2,3)4;1-6-2-8-9(18-6)3-7(5-15)4-10(8)19-20(16,17)11(12,13)14/h5-10,23H,1-4H3;2-4H,1H3. The Kier molecular flexibility index (Phi) is 8.82. The van der Waals surface area contributed by atoms with Crippen molar-refractivity contribution >= 4 is 38.0 Å². The van der Waals surface area contributed by atoms with Gasteiger partial charge in [-0.05, 0) is 88.2 Å². The van der Waals surface area contributed by atoms with Crippen molar-refractivity contribution in [3.8, 4) is 34.8 Å². The molecule has 5 rings (SSSR count). The van der Waals surface area contributed by atoms with Crippen molar-refractivity contribution in [1.82, 2.24) is 0 Å². The Hall–Kier alpha value is -5.47. The van der Waals surface area contributed by atoms with E-state index in [4.69, 9.17) is 18.8 Å². The van der Waals surface area contributed by atoms with Crippen LogP contribution in [-0.4, -0.2) is 30.6 Å². The number of halogens is 3. The molecule has 10 nitrogen and oxygen atoms in total. The topological polar surface area (TPSA) is 164 Å². The minimum Gasteiger partial charge on any atom is -0.507 e. The number of alkyl halides is 3. The Bertz CT molecular complexity index is 2180. The number of esters is 1. The van der Waals surface area contributed by atoms with E-state index in [1.165, 1.54) is 31.2 Å². The molecule has 0 radical (unpaired) electrons. The first kappa shape index (κ1) is 33.4. The van der Waals surface area contributed by atoms with Crippen LogP contribution in [0.2, 0.25) is 0 Å². The van der Waals surface area contributed by atoms with Crippen molar-refractivity contribution in [2.45, 2.75) is 45.7 Å². The third-order valence-corrected chi connectivity index (χ3v) is 7.12. The molecule has 0 atom stereocenters. The van der Waals surface area contributed by atoms with E-state index in [1.807, 2.05) is 13.0 Å². The van der Waals surface area contributed by atoms with Crippen LogP contribution in [0.25, 0.3) is 33.1 Å². The minimum atomic E-state index is -5.81. The van der Waals surface area contributed by atoms with Crippen LogP contribution in [0, 0.1) is 36.5 Å². The maximum atomic E-state index is 12.3. The van der Waals surface area contributed by atoms with Crippen molar-refractivity contribution < 1.29 is 49.2 Å². The van der Waals surface area contributed by atoms with Gasteiger partial charge in [0.15, 0.2) is 5.75 Å². The van der Waals surface area contributed by atoms with Crippen LogP contribution in [0.3, 0.4) is 0 Å². The third-order valence-electron chi connectivity index (χ3n) is 6.15. The number of nitriles is 2. The molecule has 1 N–H and O–H groups in total. The predicted molar refractivity (Wildman–Crippen MR) is 159 cm³/mol. The summed E-state index contributed by atoms with van der Waals surface area (Å²) in [6, 6.07) is 17.3. The second-order valence-electron chi connectivity index (χ2n) is 11.0. The summed E-state index contributed by atoms with van der Waals surface area (Å²) in [4.78, 5) is 12.2. The zero-order valence-electron chi connectivity index (χ0n) is 24.9. The largest absolute Gasteiger partial charge is 0.534 e. The van der Waals surface area contributed by atoms with Crippen LogP contribution in [0.4, 0.5) is 13.2 Å². The van der Waals surface area contributed by atoms with E-state index in [-0.39, 0.29) is 27.8 Å². The number of benzene rings is 3. The fourth-order valence-electron chi connectivity index (χ4n) is 4.31. The molecule has 2 aromatic heterocycles. The normalized spacial score (nSPS) is 11.8. The summed E-state index contributed by atoms with van der Waals surface area (Å²) in [5, 5.41) is 29.2. The molecule has 0 bridgehead atoms. The molecule has 5 aromatic rings. The Morgan fingerprint density at radius 1 is 0.848 bits per heavy atom. The highest BCUT2D eigenvalue weighted by Crippen LogP contribution is 2.36. The Balaban J connectivity index is 0.000000216. The maximum Gasteiger partial charge on any atom is 0.534 e. The van der Waals surface area contributed by atoms with E-state index in [9.17, 15) is 36.8 Å². The fraction of sp³-hybridized carbons (Fsp3) is 0.219. The lowest BCUT2D eigenvalue weighted by Crippen LogP contribution is -2.28. The number of furan rings is 2. The number of hydrogen-bond acceptors (Lipinski definition) is 10. The van der Waals surface area contributed by atoms with Crippen molar-refractivity contribution in [2.24, 2.45) is 0 Å². The van der Waals surface area contributed by atoms with Gasteiger partial charge < -0.3 is 22.9 Å². The van der Waals surface area contributed by atoms with Gasteiger partial charge in [0, 0.05) is 11.5 Å². The van der Waals surface area contributed by atoms with Gasteiger partial charge in [-0.15, -0.1) is 0 Å². The number of nitrogens with zero attached hydrogens (tertiary/aromatic N) is 2. The number of ether oxygens (including phenoxy) is 1. The van der Waals surface area contributed by atoms with Gasteiger partial charge in [-0.1, -0.05) is 6.07 Å². The maximum absolute atomic E-state index is 12.3. The first-order valence-electron chi connectivity index (χ1n) is 13.3. The smallest absolute Gasteiger partial charge is 0.507 e. The molecule has 14 heteroatoms. The van der Waals surface area contributed by atoms with Crippen LogP contribution in [0.5, 0.6) is 11.5 Å². The molecule has 2 heterocycles. The summed E-state index contributed by atoms with van der Waals surface area (Å²) in [7, 11) is -5.81. The highest BCUT2D eigenvalue weighted by Gasteiger charge is 2.48. The molecule has 0 spiro atoms. The van der Waals surface area contributed by atoms with Crippen molar-refractivity contribution in [2.75, 3.05) is 0 Å². The van der Waals surface area contributed by atoms with Crippen LogP contribution in [0.1, 0.15) is 53.8 Å². The number of aromatic hydroxyl groups is 1. The van der Waals surface area contributed by atoms with Gasteiger partial charge in [-0.2, -0.15) is 32.1 Å². The number of phenols is 1. The van der Waals surface area contributed by atoms with Crippen LogP contribution >= 0.6 is 0 Å². The number of rotatable bonds is 4. The molecular formula is C32H25F3N2O8S. The number of aryl methyl sites for hydroxylation is 2. The molecule has 0 aliphatic heterocycles. The summed E-state index contributed by atoms with van der Waals surface area (Å²) in [6.07, 6.45) is 0.